The van der Waals surface area contributed by atoms with Crippen molar-refractivity contribution in [3.8, 4) is 0 Å². The number of nitrogens with one attached hydrogen (secondary N) is 4. The summed E-state index contributed by atoms with van der Waals surface area (Å²) in [5, 5.41) is 13.9. The Morgan fingerprint density at radius 1 is 0.667 bits per heavy atom. The number of rotatable bonds is 6. The minimum Gasteiger partial charge on any atom is -0.334 e. The van der Waals surface area contributed by atoms with Gasteiger partial charge in [-0.1, -0.05) is 62.8 Å². The van der Waals surface area contributed by atoms with Gasteiger partial charge in [-0.3, -0.25) is 0 Å². The number of hydrogen-bond acceptors (Lipinski definition) is 4. The fourth-order valence-electron chi connectivity index (χ4n) is 3.93. The number of hydrazone groups is 2. The third-order valence-corrected chi connectivity index (χ3v) is 5.58. The molecule has 8 heteroatoms. The van der Waals surface area contributed by atoms with E-state index in [0.29, 0.717) is 0 Å². The standard InChI is InChI=1S/C22H32N6O2/c29-21(25-19-7-3-1-4-8-19)27-23-15-17-11-13-18(14-12-17)16-24-28-22(30)26-20-9-5-2-6-10-20/h11-16,19-20H,1-10H2,(H2,25,27,29)(H2,26,28,30)/b23-15+,24-16+. The second-order valence-corrected chi connectivity index (χ2v) is 8.02. The second kappa shape index (κ2) is 11.9. The van der Waals surface area contributed by atoms with Gasteiger partial charge in [-0.15, -0.1) is 0 Å². The van der Waals surface area contributed by atoms with Crippen molar-refractivity contribution < 1.29 is 9.59 Å². The molecule has 2 fully saturated rings. The first-order valence-corrected chi connectivity index (χ1v) is 11.0. The van der Waals surface area contributed by atoms with Gasteiger partial charge >= 0.3 is 12.1 Å². The summed E-state index contributed by atoms with van der Waals surface area (Å²) in [4.78, 5) is 23.7. The van der Waals surface area contributed by atoms with Gasteiger partial charge in [0.2, 0.25) is 0 Å². The molecule has 0 radical (unpaired) electrons. The van der Waals surface area contributed by atoms with Gasteiger partial charge in [0.05, 0.1) is 12.4 Å². The molecule has 0 unspecified atom stereocenters. The summed E-state index contributed by atoms with van der Waals surface area (Å²) in [6.07, 6.45) is 14.5. The molecule has 0 aromatic heterocycles. The largest absolute Gasteiger partial charge is 0.335 e. The van der Waals surface area contributed by atoms with E-state index in [1.807, 2.05) is 24.3 Å². The van der Waals surface area contributed by atoms with Crippen LogP contribution in [0.15, 0.2) is 34.5 Å². The van der Waals surface area contributed by atoms with E-state index in [1.165, 1.54) is 38.5 Å². The van der Waals surface area contributed by atoms with E-state index in [4.69, 9.17) is 0 Å². The zero-order chi connectivity index (χ0) is 21.0. The predicted octanol–water partition coefficient (Wildman–Crippen LogP) is 3.62. The summed E-state index contributed by atoms with van der Waals surface area (Å²) in [6.45, 7) is 0. The van der Waals surface area contributed by atoms with E-state index >= 15 is 0 Å². The number of nitrogens with zero attached hydrogens (tertiary/aromatic N) is 2. The van der Waals surface area contributed by atoms with E-state index in [9.17, 15) is 9.59 Å². The molecule has 0 heterocycles. The molecule has 0 bridgehead atoms. The first-order valence-electron chi connectivity index (χ1n) is 11.0. The molecule has 0 saturated heterocycles. The lowest BCUT2D eigenvalue weighted by Crippen LogP contribution is -2.41. The molecule has 162 valence electrons. The Bertz CT molecular complexity index is 671. The van der Waals surface area contributed by atoms with Gasteiger partial charge in [0.1, 0.15) is 0 Å². The Morgan fingerprint density at radius 2 is 1.03 bits per heavy atom. The fourth-order valence-corrected chi connectivity index (χ4v) is 3.93. The van der Waals surface area contributed by atoms with Crippen molar-refractivity contribution in [1.29, 1.82) is 0 Å². The molecular weight excluding hydrogens is 380 g/mol. The number of carbonyl (C=O) groups is 2. The van der Waals surface area contributed by atoms with Crippen LogP contribution in [0.4, 0.5) is 9.59 Å². The van der Waals surface area contributed by atoms with Crippen LogP contribution >= 0.6 is 0 Å². The smallest absolute Gasteiger partial charge is 0.334 e. The maximum absolute atomic E-state index is 11.9. The average Bonchev–Trinajstić information content (AvgIpc) is 2.76. The molecule has 30 heavy (non-hydrogen) atoms. The normalized spacial score (nSPS) is 18.4. The van der Waals surface area contributed by atoms with Crippen LogP contribution < -0.4 is 21.5 Å². The van der Waals surface area contributed by atoms with Crippen molar-refractivity contribution in [2.75, 3.05) is 0 Å². The molecule has 4 amide bonds. The molecule has 2 aliphatic rings. The molecule has 0 aliphatic heterocycles. The first-order chi connectivity index (χ1) is 14.7. The van der Waals surface area contributed by atoms with Gasteiger partial charge in [0.25, 0.3) is 0 Å². The van der Waals surface area contributed by atoms with Crippen LogP contribution in [0.5, 0.6) is 0 Å². The van der Waals surface area contributed by atoms with Crippen molar-refractivity contribution in [3.05, 3.63) is 35.4 Å². The quantitative estimate of drug-likeness (QED) is 0.423. The van der Waals surface area contributed by atoms with Crippen LogP contribution in [0, 0.1) is 0 Å². The lowest BCUT2D eigenvalue weighted by Gasteiger charge is -2.22. The lowest BCUT2D eigenvalue weighted by molar-refractivity contribution is 0.232. The Balaban J connectivity index is 1.36. The third-order valence-electron chi connectivity index (χ3n) is 5.58. The molecule has 4 N–H and O–H groups in total. The minimum absolute atomic E-state index is 0.255. The Hall–Kier alpha value is -2.90. The lowest BCUT2D eigenvalue weighted by atomic mass is 9.96. The van der Waals surface area contributed by atoms with Gasteiger partial charge in [-0.25, -0.2) is 20.4 Å². The van der Waals surface area contributed by atoms with Gasteiger partial charge in [-0.2, -0.15) is 10.2 Å². The summed E-state index contributed by atoms with van der Waals surface area (Å²) in [6, 6.07) is 7.46. The van der Waals surface area contributed by atoms with Crippen LogP contribution in [0.2, 0.25) is 0 Å². The summed E-state index contributed by atoms with van der Waals surface area (Å²) in [5.74, 6) is 0. The number of benzene rings is 1. The average molecular weight is 413 g/mol. The van der Waals surface area contributed by atoms with Crippen molar-refractivity contribution in [1.82, 2.24) is 21.5 Å². The molecule has 1 aromatic rings. The van der Waals surface area contributed by atoms with E-state index in [2.05, 4.69) is 31.7 Å². The maximum atomic E-state index is 11.9. The highest BCUT2D eigenvalue weighted by Gasteiger charge is 2.15. The molecule has 2 aliphatic carbocycles. The summed E-state index contributed by atoms with van der Waals surface area (Å²) < 4.78 is 0. The van der Waals surface area contributed by atoms with E-state index in [1.54, 1.807) is 12.4 Å². The summed E-state index contributed by atoms with van der Waals surface area (Å²) >= 11 is 0. The molecular formula is C22H32N6O2. The first kappa shape index (κ1) is 21.8. The third kappa shape index (κ3) is 7.85. The molecule has 0 atom stereocenters. The minimum atomic E-state index is -0.264. The molecule has 1 aromatic carbocycles. The van der Waals surface area contributed by atoms with Crippen LogP contribution in [0.25, 0.3) is 0 Å². The van der Waals surface area contributed by atoms with E-state index in [-0.39, 0.29) is 24.1 Å². The number of hydrogen-bond donors (Lipinski definition) is 4. The van der Waals surface area contributed by atoms with E-state index < -0.39 is 0 Å². The van der Waals surface area contributed by atoms with Crippen molar-refractivity contribution in [3.63, 3.8) is 0 Å². The molecule has 2 saturated carbocycles. The van der Waals surface area contributed by atoms with Crippen LogP contribution in [-0.2, 0) is 0 Å². The Kier molecular flexibility index (Phi) is 8.68. The van der Waals surface area contributed by atoms with E-state index in [0.717, 1.165) is 36.8 Å². The van der Waals surface area contributed by atoms with Crippen molar-refractivity contribution in [2.45, 2.75) is 76.3 Å². The van der Waals surface area contributed by atoms with Gasteiger partial charge in [0.15, 0.2) is 0 Å². The predicted molar refractivity (Wildman–Crippen MR) is 119 cm³/mol. The number of carbonyl (C=O) groups excluding carboxylic acids is 2. The molecule has 3 rings (SSSR count). The number of urea groups is 2. The zero-order valence-corrected chi connectivity index (χ0v) is 17.4. The highest BCUT2D eigenvalue weighted by Crippen LogP contribution is 2.17. The van der Waals surface area contributed by atoms with Crippen LogP contribution in [-0.4, -0.2) is 36.6 Å². The molecule has 8 nitrogen and oxygen atoms in total. The van der Waals surface area contributed by atoms with Crippen molar-refractivity contribution in [2.24, 2.45) is 10.2 Å². The maximum Gasteiger partial charge on any atom is 0.335 e. The highest BCUT2D eigenvalue weighted by atomic mass is 16.2. The van der Waals surface area contributed by atoms with Gasteiger partial charge in [-0.05, 0) is 36.8 Å². The Labute approximate surface area is 178 Å². The zero-order valence-electron chi connectivity index (χ0n) is 17.4. The molecule has 0 spiro atoms. The Morgan fingerprint density at radius 3 is 1.40 bits per heavy atom. The fraction of sp³-hybridized carbons (Fsp3) is 0.545. The highest BCUT2D eigenvalue weighted by molar-refractivity contribution is 5.85. The number of amides is 4. The van der Waals surface area contributed by atoms with Crippen LogP contribution in [0.3, 0.4) is 0 Å². The van der Waals surface area contributed by atoms with Gasteiger partial charge < -0.3 is 10.6 Å². The van der Waals surface area contributed by atoms with Gasteiger partial charge in [0, 0.05) is 12.1 Å². The van der Waals surface area contributed by atoms with Crippen molar-refractivity contribution >= 4 is 24.5 Å². The monoisotopic (exact) mass is 412 g/mol. The summed E-state index contributed by atoms with van der Waals surface area (Å²) in [7, 11) is 0. The SMILES string of the molecule is O=C(N/N=C/c1ccc(/C=N/NC(=O)NC2CCCCC2)cc1)NC1CCCCC1. The second-order valence-electron chi connectivity index (χ2n) is 8.02. The summed E-state index contributed by atoms with van der Waals surface area (Å²) in [5.41, 5.74) is 6.73. The van der Waals surface area contributed by atoms with Crippen LogP contribution in [0.1, 0.15) is 75.3 Å². The topological polar surface area (TPSA) is 107 Å².